The fourth-order valence-electron chi connectivity index (χ4n) is 4.69. The molecule has 0 aliphatic rings. The molecular weight excluding hydrogens is 488 g/mol. The Morgan fingerprint density at radius 2 is 1.21 bits per heavy atom. The van der Waals surface area contributed by atoms with Gasteiger partial charge in [-0.1, -0.05) is 125 Å². The van der Waals surface area contributed by atoms with Gasteiger partial charge in [0.15, 0.2) is 6.10 Å². The first-order valence-corrected chi connectivity index (χ1v) is 15.0. The molecule has 0 saturated heterocycles. The molecule has 39 heavy (non-hydrogen) atoms. The molecule has 0 aliphatic heterocycles. The standard InChI is InChI=1S/C34H50O5/c1-3-4-5-6-7-8-9-10-11-18-23-32(36)24-25-33(38-27-31-21-16-13-17-22-31)34(39-29(2)35)28-37-26-30-19-14-12-15-20-30/h12-17,19-22,33-34H,3-11,18,23-28H2,1-2H3/t33-,34-/m1/s1. The highest BCUT2D eigenvalue weighted by Gasteiger charge is 2.26. The van der Waals surface area contributed by atoms with Crippen molar-refractivity contribution in [3.8, 4) is 0 Å². The lowest BCUT2D eigenvalue weighted by atomic mass is 10.0. The zero-order valence-electron chi connectivity index (χ0n) is 24.3. The second kappa shape index (κ2) is 21.3. The largest absolute Gasteiger partial charge is 0.457 e. The summed E-state index contributed by atoms with van der Waals surface area (Å²) >= 11 is 0. The Morgan fingerprint density at radius 3 is 1.77 bits per heavy atom. The minimum absolute atomic E-state index is 0.209. The van der Waals surface area contributed by atoms with Crippen LogP contribution in [-0.4, -0.2) is 30.6 Å². The first kappa shape index (κ1) is 32.7. The topological polar surface area (TPSA) is 61.8 Å². The number of rotatable bonds is 23. The van der Waals surface area contributed by atoms with E-state index in [0.29, 0.717) is 32.5 Å². The van der Waals surface area contributed by atoms with Crippen molar-refractivity contribution in [2.24, 2.45) is 0 Å². The quantitative estimate of drug-likeness (QED) is 0.105. The third kappa shape index (κ3) is 16.3. The maximum atomic E-state index is 12.7. The van der Waals surface area contributed by atoms with Crippen LogP contribution in [-0.2, 0) is 37.0 Å². The maximum Gasteiger partial charge on any atom is 0.303 e. The number of hydrogen-bond acceptors (Lipinski definition) is 5. The van der Waals surface area contributed by atoms with Crippen LogP contribution < -0.4 is 0 Å². The van der Waals surface area contributed by atoms with Crippen LogP contribution in [0, 0.1) is 0 Å². The van der Waals surface area contributed by atoms with Gasteiger partial charge >= 0.3 is 5.97 Å². The number of hydrogen-bond donors (Lipinski definition) is 0. The fourth-order valence-corrected chi connectivity index (χ4v) is 4.69. The molecule has 5 nitrogen and oxygen atoms in total. The summed E-state index contributed by atoms with van der Waals surface area (Å²) in [7, 11) is 0. The van der Waals surface area contributed by atoms with Gasteiger partial charge in [-0.15, -0.1) is 0 Å². The minimum atomic E-state index is -0.583. The van der Waals surface area contributed by atoms with Gasteiger partial charge in [0, 0.05) is 19.8 Å². The number of ether oxygens (including phenoxy) is 3. The lowest BCUT2D eigenvalue weighted by Crippen LogP contribution is -2.37. The molecule has 2 aromatic rings. The van der Waals surface area contributed by atoms with Crippen molar-refractivity contribution in [1.29, 1.82) is 0 Å². The average Bonchev–Trinajstić information content (AvgIpc) is 2.94. The summed E-state index contributed by atoms with van der Waals surface area (Å²) in [5, 5.41) is 0. The van der Waals surface area contributed by atoms with Gasteiger partial charge in [0.2, 0.25) is 0 Å². The lowest BCUT2D eigenvalue weighted by Gasteiger charge is -2.27. The van der Waals surface area contributed by atoms with E-state index < -0.39 is 12.2 Å². The van der Waals surface area contributed by atoms with E-state index in [9.17, 15) is 9.59 Å². The van der Waals surface area contributed by atoms with Crippen molar-refractivity contribution in [2.75, 3.05) is 6.61 Å². The monoisotopic (exact) mass is 538 g/mol. The van der Waals surface area contributed by atoms with Crippen LogP contribution in [0.25, 0.3) is 0 Å². The highest BCUT2D eigenvalue weighted by molar-refractivity contribution is 5.78. The Hall–Kier alpha value is -2.50. The predicted molar refractivity (Wildman–Crippen MR) is 157 cm³/mol. The van der Waals surface area contributed by atoms with Crippen LogP contribution in [0.1, 0.15) is 108 Å². The third-order valence-corrected chi connectivity index (χ3v) is 6.95. The Balaban J connectivity index is 1.81. The van der Waals surface area contributed by atoms with Crippen LogP contribution in [0.3, 0.4) is 0 Å². The number of unbranched alkanes of at least 4 members (excludes halogenated alkanes) is 9. The highest BCUT2D eigenvalue weighted by atomic mass is 16.6. The van der Waals surface area contributed by atoms with E-state index in [1.807, 2.05) is 60.7 Å². The summed E-state index contributed by atoms with van der Waals surface area (Å²) in [5.74, 6) is -0.136. The normalized spacial score (nSPS) is 12.7. The van der Waals surface area contributed by atoms with Gasteiger partial charge in [-0.25, -0.2) is 0 Å². The minimum Gasteiger partial charge on any atom is -0.457 e. The molecule has 2 atom stereocenters. The van der Waals surface area contributed by atoms with E-state index in [1.54, 1.807) is 0 Å². The molecule has 0 aromatic heterocycles. The van der Waals surface area contributed by atoms with E-state index in [1.165, 1.54) is 58.3 Å². The smallest absolute Gasteiger partial charge is 0.303 e. The Kier molecular flexibility index (Phi) is 17.9. The van der Waals surface area contributed by atoms with Crippen LogP contribution in [0.4, 0.5) is 0 Å². The Bertz CT molecular complexity index is 883. The number of carbonyl (C=O) groups is 2. The summed E-state index contributed by atoms with van der Waals surface area (Å²) in [6, 6.07) is 19.8. The summed E-state index contributed by atoms with van der Waals surface area (Å²) in [4.78, 5) is 24.6. The first-order chi connectivity index (χ1) is 19.1. The summed E-state index contributed by atoms with van der Waals surface area (Å²) in [6.07, 6.45) is 13.0. The number of esters is 1. The zero-order chi connectivity index (χ0) is 28.0. The van der Waals surface area contributed by atoms with Crippen molar-refractivity contribution < 1.29 is 23.8 Å². The molecule has 0 heterocycles. The van der Waals surface area contributed by atoms with Crippen LogP contribution in [0.15, 0.2) is 60.7 Å². The van der Waals surface area contributed by atoms with Crippen molar-refractivity contribution in [1.82, 2.24) is 0 Å². The molecule has 216 valence electrons. The van der Waals surface area contributed by atoms with Crippen molar-refractivity contribution >= 4 is 11.8 Å². The number of Topliss-reactive ketones (excluding diaryl/α,β-unsaturated/α-hetero) is 1. The molecule has 2 aromatic carbocycles. The molecule has 0 spiro atoms. The zero-order valence-corrected chi connectivity index (χ0v) is 24.3. The molecule has 0 unspecified atom stereocenters. The van der Waals surface area contributed by atoms with Gasteiger partial charge in [0.25, 0.3) is 0 Å². The van der Waals surface area contributed by atoms with Crippen molar-refractivity contribution in [3.05, 3.63) is 71.8 Å². The third-order valence-electron chi connectivity index (χ3n) is 6.95. The molecule has 0 bridgehead atoms. The van der Waals surface area contributed by atoms with E-state index in [4.69, 9.17) is 14.2 Å². The summed E-state index contributed by atoms with van der Waals surface area (Å²) < 4.78 is 17.8. The second-order valence-electron chi connectivity index (χ2n) is 10.5. The molecule has 2 rings (SSSR count). The Morgan fingerprint density at radius 1 is 0.667 bits per heavy atom. The number of ketones is 1. The van der Waals surface area contributed by atoms with Crippen LogP contribution in [0.2, 0.25) is 0 Å². The lowest BCUT2D eigenvalue weighted by molar-refractivity contribution is -0.163. The van der Waals surface area contributed by atoms with Gasteiger partial charge in [-0.3, -0.25) is 9.59 Å². The predicted octanol–water partition coefficient (Wildman–Crippen LogP) is 8.38. The molecule has 0 fully saturated rings. The van der Waals surface area contributed by atoms with Gasteiger partial charge in [0.05, 0.1) is 25.9 Å². The summed E-state index contributed by atoms with van der Waals surface area (Å²) in [6.45, 7) is 4.66. The van der Waals surface area contributed by atoms with Crippen LogP contribution in [0.5, 0.6) is 0 Å². The van der Waals surface area contributed by atoms with Gasteiger partial charge in [-0.2, -0.15) is 0 Å². The fraction of sp³-hybridized carbons (Fsp3) is 0.588. The molecular formula is C34H50O5. The molecule has 0 N–H and O–H groups in total. The first-order valence-electron chi connectivity index (χ1n) is 15.0. The van der Waals surface area contributed by atoms with Gasteiger partial charge in [0.1, 0.15) is 5.78 Å². The van der Waals surface area contributed by atoms with E-state index >= 15 is 0 Å². The maximum absolute atomic E-state index is 12.7. The van der Waals surface area contributed by atoms with Crippen LogP contribution >= 0.6 is 0 Å². The molecule has 5 heteroatoms. The summed E-state index contributed by atoms with van der Waals surface area (Å²) in [5.41, 5.74) is 2.08. The van der Waals surface area contributed by atoms with Crippen molar-refractivity contribution in [2.45, 2.75) is 123 Å². The molecule has 0 amide bonds. The highest BCUT2D eigenvalue weighted by Crippen LogP contribution is 2.18. The van der Waals surface area contributed by atoms with Crippen molar-refractivity contribution in [3.63, 3.8) is 0 Å². The van der Waals surface area contributed by atoms with E-state index in [2.05, 4.69) is 6.92 Å². The Labute approximate surface area is 236 Å². The average molecular weight is 539 g/mol. The molecule has 0 radical (unpaired) electrons. The number of benzene rings is 2. The SMILES string of the molecule is CCCCCCCCCCCCC(=O)CC[C@@H](OCc1ccccc1)[C@@H](COCc1ccccc1)OC(C)=O. The number of carbonyl (C=O) groups excluding carboxylic acids is 2. The van der Waals surface area contributed by atoms with Gasteiger partial charge in [-0.05, 0) is 24.0 Å². The molecule has 0 aliphatic carbocycles. The van der Waals surface area contributed by atoms with Gasteiger partial charge < -0.3 is 14.2 Å². The van der Waals surface area contributed by atoms with E-state index in [-0.39, 0.29) is 18.4 Å². The van der Waals surface area contributed by atoms with E-state index in [0.717, 1.165) is 24.0 Å². The molecule has 0 saturated carbocycles. The second-order valence-corrected chi connectivity index (χ2v) is 10.5.